The molecule has 20 heavy (non-hydrogen) atoms. The molecule has 0 amide bonds. The Balaban J connectivity index is 1.93. The van der Waals surface area contributed by atoms with Gasteiger partial charge in [-0.05, 0) is 11.6 Å². The maximum absolute atomic E-state index is 6.47. The molecular formula is C15H10BrClN2S. The minimum absolute atomic E-state index is 0.259. The van der Waals surface area contributed by atoms with Gasteiger partial charge in [-0.2, -0.15) is 0 Å². The van der Waals surface area contributed by atoms with E-state index in [1.165, 1.54) is 11.3 Å². The Labute approximate surface area is 134 Å². The molecule has 2 aromatic carbocycles. The van der Waals surface area contributed by atoms with Crippen LogP contribution in [0, 0.1) is 0 Å². The second kappa shape index (κ2) is 6.04. The molecule has 5 heteroatoms. The van der Waals surface area contributed by atoms with E-state index in [9.17, 15) is 0 Å². The zero-order chi connectivity index (χ0) is 13.9. The molecule has 0 aliphatic carbocycles. The zero-order valence-corrected chi connectivity index (χ0v) is 13.5. The van der Waals surface area contributed by atoms with E-state index in [1.807, 2.05) is 54.6 Å². The number of halogens is 2. The highest BCUT2D eigenvalue weighted by atomic mass is 79.9. The van der Waals surface area contributed by atoms with E-state index in [2.05, 4.69) is 26.1 Å². The van der Waals surface area contributed by atoms with Crippen molar-refractivity contribution in [2.24, 2.45) is 0 Å². The third kappa shape index (κ3) is 2.77. The second-order valence-corrected chi connectivity index (χ2v) is 6.50. The quantitative estimate of drug-likeness (QED) is 0.589. The maximum Gasteiger partial charge on any atom is 0.148 e. The largest absolute Gasteiger partial charge is 0.148 e. The van der Waals surface area contributed by atoms with Gasteiger partial charge in [0.05, 0.1) is 0 Å². The van der Waals surface area contributed by atoms with Crippen molar-refractivity contribution in [2.75, 3.05) is 0 Å². The Morgan fingerprint density at radius 2 is 1.65 bits per heavy atom. The smallest absolute Gasteiger partial charge is 0.141 e. The minimum atomic E-state index is -0.259. The summed E-state index contributed by atoms with van der Waals surface area (Å²) in [6.45, 7) is 0. The lowest BCUT2D eigenvalue weighted by Gasteiger charge is -2.04. The number of hydrogen-bond donors (Lipinski definition) is 0. The van der Waals surface area contributed by atoms with Crippen LogP contribution in [0.25, 0.3) is 10.6 Å². The molecule has 0 N–H and O–H groups in total. The van der Waals surface area contributed by atoms with Crippen molar-refractivity contribution in [3.05, 3.63) is 69.6 Å². The van der Waals surface area contributed by atoms with Crippen LogP contribution in [0.4, 0.5) is 0 Å². The van der Waals surface area contributed by atoms with Crippen LogP contribution in [0.3, 0.4) is 0 Å². The summed E-state index contributed by atoms with van der Waals surface area (Å²) >= 11 is 11.5. The highest BCUT2D eigenvalue weighted by molar-refractivity contribution is 9.10. The van der Waals surface area contributed by atoms with Gasteiger partial charge in [0.25, 0.3) is 0 Å². The highest BCUT2D eigenvalue weighted by Crippen LogP contribution is 2.36. The number of aromatic nitrogens is 2. The molecule has 0 aliphatic heterocycles. The van der Waals surface area contributed by atoms with E-state index in [-0.39, 0.29) is 5.38 Å². The van der Waals surface area contributed by atoms with Crippen molar-refractivity contribution >= 4 is 38.9 Å². The molecule has 1 unspecified atom stereocenters. The summed E-state index contributed by atoms with van der Waals surface area (Å²) in [5.74, 6) is 0. The molecule has 2 nitrogen and oxygen atoms in total. The van der Waals surface area contributed by atoms with Gasteiger partial charge in [-0.25, -0.2) is 0 Å². The minimum Gasteiger partial charge on any atom is -0.141 e. The number of hydrogen-bond acceptors (Lipinski definition) is 3. The summed E-state index contributed by atoms with van der Waals surface area (Å²) in [7, 11) is 0. The molecule has 1 atom stereocenters. The lowest BCUT2D eigenvalue weighted by Crippen LogP contribution is -1.91. The number of nitrogens with zero attached hydrogens (tertiary/aromatic N) is 2. The summed E-state index contributed by atoms with van der Waals surface area (Å²) in [5, 5.41) is 9.89. The van der Waals surface area contributed by atoms with E-state index in [4.69, 9.17) is 11.6 Å². The number of rotatable bonds is 3. The van der Waals surface area contributed by atoms with Crippen LogP contribution >= 0.6 is 38.9 Å². The number of alkyl halides is 1. The third-order valence-corrected chi connectivity index (χ3v) is 5.15. The van der Waals surface area contributed by atoms with Crippen molar-refractivity contribution in [1.29, 1.82) is 0 Å². The first-order valence-electron chi connectivity index (χ1n) is 6.03. The van der Waals surface area contributed by atoms with E-state index in [0.717, 1.165) is 25.6 Å². The van der Waals surface area contributed by atoms with Gasteiger partial charge in [0.15, 0.2) is 0 Å². The fourth-order valence-corrected chi connectivity index (χ4v) is 3.66. The van der Waals surface area contributed by atoms with Gasteiger partial charge in [-0.1, -0.05) is 75.8 Å². The van der Waals surface area contributed by atoms with Gasteiger partial charge in [-0.3, -0.25) is 0 Å². The Morgan fingerprint density at radius 1 is 0.950 bits per heavy atom. The zero-order valence-electron chi connectivity index (χ0n) is 10.3. The van der Waals surface area contributed by atoms with Gasteiger partial charge < -0.3 is 0 Å². The van der Waals surface area contributed by atoms with E-state index < -0.39 is 0 Å². The van der Waals surface area contributed by atoms with Crippen molar-refractivity contribution < 1.29 is 0 Å². The number of benzene rings is 2. The predicted molar refractivity (Wildman–Crippen MR) is 87.2 cm³/mol. The van der Waals surface area contributed by atoms with E-state index in [0.29, 0.717) is 0 Å². The third-order valence-electron chi connectivity index (χ3n) is 2.85. The van der Waals surface area contributed by atoms with Gasteiger partial charge in [-0.15, -0.1) is 21.8 Å². The highest BCUT2D eigenvalue weighted by Gasteiger charge is 2.17. The first-order valence-corrected chi connectivity index (χ1v) is 8.07. The molecule has 0 aliphatic rings. The van der Waals surface area contributed by atoms with Crippen LogP contribution in [-0.2, 0) is 0 Å². The summed E-state index contributed by atoms with van der Waals surface area (Å²) in [6, 6.07) is 17.9. The fraction of sp³-hybridized carbons (Fsp3) is 0.0667. The van der Waals surface area contributed by atoms with Crippen molar-refractivity contribution in [1.82, 2.24) is 10.2 Å². The molecule has 3 aromatic rings. The first kappa shape index (κ1) is 13.7. The Morgan fingerprint density at radius 3 is 2.40 bits per heavy atom. The van der Waals surface area contributed by atoms with Crippen LogP contribution in [0.5, 0.6) is 0 Å². The molecule has 0 spiro atoms. The van der Waals surface area contributed by atoms with Crippen molar-refractivity contribution in [2.45, 2.75) is 5.38 Å². The lowest BCUT2D eigenvalue weighted by molar-refractivity contribution is 0.988. The monoisotopic (exact) mass is 364 g/mol. The fourth-order valence-electron chi connectivity index (χ4n) is 1.85. The normalized spacial score (nSPS) is 12.3. The van der Waals surface area contributed by atoms with Crippen LogP contribution in [0.1, 0.15) is 15.9 Å². The second-order valence-electron chi connectivity index (χ2n) is 4.20. The summed E-state index contributed by atoms with van der Waals surface area (Å²) in [5.41, 5.74) is 2.07. The molecule has 3 rings (SSSR count). The molecule has 100 valence electrons. The lowest BCUT2D eigenvalue weighted by atomic mass is 10.1. The average molecular weight is 366 g/mol. The van der Waals surface area contributed by atoms with Gasteiger partial charge in [0, 0.05) is 10.0 Å². The van der Waals surface area contributed by atoms with Crippen LogP contribution in [-0.4, -0.2) is 10.2 Å². The van der Waals surface area contributed by atoms with E-state index in [1.54, 1.807) is 0 Å². The Hall–Kier alpha value is -1.23. The molecule has 0 saturated heterocycles. The van der Waals surface area contributed by atoms with Gasteiger partial charge in [0.1, 0.15) is 15.4 Å². The summed E-state index contributed by atoms with van der Waals surface area (Å²) in [6.07, 6.45) is 0. The predicted octanol–water partition coefficient (Wildman–Crippen LogP) is 5.30. The van der Waals surface area contributed by atoms with Crippen molar-refractivity contribution in [3.63, 3.8) is 0 Å². The molecule has 0 fully saturated rings. The van der Waals surface area contributed by atoms with Crippen LogP contribution in [0.15, 0.2) is 59.1 Å². The maximum atomic E-state index is 6.47. The summed E-state index contributed by atoms with van der Waals surface area (Å²) in [4.78, 5) is 0. The molecule has 1 aromatic heterocycles. The Bertz CT molecular complexity index is 715. The molecule has 0 bridgehead atoms. The molecular weight excluding hydrogens is 356 g/mol. The first-order chi connectivity index (χ1) is 9.75. The van der Waals surface area contributed by atoms with Crippen LogP contribution in [0.2, 0.25) is 0 Å². The average Bonchev–Trinajstić information content (AvgIpc) is 2.97. The molecule has 0 saturated carbocycles. The van der Waals surface area contributed by atoms with Gasteiger partial charge in [0.2, 0.25) is 0 Å². The summed E-state index contributed by atoms with van der Waals surface area (Å²) < 4.78 is 1.01. The SMILES string of the molecule is ClC(c1ccccc1)c1nnc(-c2ccccc2Br)s1. The van der Waals surface area contributed by atoms with E-state index >= 15 is 0 Å². The van der Waals surface area contributed by atoms with Gasteiger partial charge >= 0.3 is 0 Å². The molecule has 1 heterocycles. The topological polar surface area (TPSA) is 25.8 Å². The standard InChI is InChI=1S/C15H10BrClN2S/c16-12-9-5-4-8-11(12)14-18-19-15(20-14)13(17)10-6-2-1-3-7-10/h1-9,13H. The van der Waals surface area contributed by atoms with Crippen LogP contribution < -0.4 is 0 Å². The Kier molecular flexibility index (Phi) is 4.15. The molecule has 0 radical (unpaired) electrons. The van der Waals surface area contributed by atoms with Crippen molar-refractivity contribution in [3.8, 4) is 10.6 Å².